The number of aryl methyl sites for hydroxylation is 1. The molecular formula is C16H25N3O2. The third-order valence-corrected chi connectivity index (χ3v) is 4.66. The van der Waals surface area contributed by atoms with E-state index in [9.17, 15) is 5.11 Å². The van der Waals surface area contributed by atoms with Gasteiger partial charge in [0, 0.05) is 57.0 Å². The Balaban J connectivity index is 1.63. The predicted octanol–water partition coefficient (Wildman–Crippen LogP) is 1.51. The average Bonchev–Trinajstić information content (AvgIpc) is 2.48. The molecule has 2 aliphatic heterocycles. The molecule has 3 rings (SSSR count). The van der Waals surface area contributed by atoms with Crippen molar-refractivity contribution in [3.05, 3.63) is 23.8 Å². The standard InChI is InChI=1S/C16H25N3O2/c1-13-17-7-4-15(18-13)14-3-2-8-19(11-14)12-16(20)5-9-21-10-6-16/h4,7,14,20H,2-3,5-6,8-12H2,1H3. The predicted molar refractivity (Wildman–Crippen MR) is 80.2 cm³/mol. The van der Waals surface area contributed by atoms with Crippen molar-refractivity contribution >= 4 is 0 Å². The number of rotatable bonds is 3. The van der Waals surface area contributed by atoms with Gasteiger partial charge in [-0.25, -0.2) is 9.97 Å². The average molecular weight is 291 g/mol. The van der Waals surface area contributed by atoms with E-state index in [1.165, 1.54) is 12.8 Å². The summed E-state index contributed by atoms with van der Waals surface area (Å²) in [7, 11) is 0. The van der Waals surface area contributed by atoms with Crippen LogP contribution in [0.15, 0.2) is 12.3 Å². The van der Waals surface area contributed by atoms with Crippen molar-refractivity contribution in [3.63, 3.8) is 0 Å². The van der Waals surface area contributed by atoms with Crippen LogP contribution < -0.4 is 0 Å². The topological polar surface area (TPSA) is 58.5 Å². The third kappa shape index (κ3) is 3.78. The van der Waals surface area contributed by atoms with Crippen molar-refractivity contribution in [1.29, 1.82) is 0 Å². The van der Waals surface area contributed by atoms with Gasteiger partial charge >= 0.3 is 0 Å². The molecule has 5 heteroatoms. The smallest absolute Gasteiger partial charge is 0.125 e. The van der Waals surface area contributed by atoms with E-state index in [0.29, 0.717) is 19.1 Å². The van der Waals surface area contributed by atoms with Crippen molar-refractivity contribution in [3.8, 4) is 0 Å². The first kappa shape index (κ1) is 14.9. The Labute approximate surface area is 126 Å². The minimum absolute atomic E-state index is 0.462. The van der Waals surface area contributed by atoms with Crippen LogP contribution in [-0.4, -0.2) is 58.4 Å². The molecule has 0 aromatic carbocycles. The summed E-state index contributed by atoms with van der Waals surface area (Å²) in [5.74, 6) is 1.30. The van der Waals surface area contributed by atoms with E-state index >= 15 is 0 Å². The Morgan fingerprint density at radius 1 is 1.43 bits per heavy atom. The van der Waals surface area contributed by atoms with Crippen LogP contribution in [0.3, 0.4) is 0 Å². The van der Waals surface area contributed by atoms with Crippen LogP contribution >= 0.6 is 0 Å². The largest absolute Gasteiger partial charge is 0.388 e. The highest BCUT2D eigenvalue weighted by Gasteiger charge is 2.34. The van der Waals surface area contributed by atoms with Crippen LogP contribution in [0, 0.1) is 6.92 Å². The molecule has 0 saturated carbocycles. The number of likely N-dealkylation sites (tertiary alicyclic amines) is 1. The molecule has 0 amide bonds. The van der Waals surface area contributed by atoms with Crippen molar-refractivity contribution in [2.75, 3.05) is 32.8 Å². The molecule has 5 nitrogen and oxygen atoms in total. The summed E-state index contributed by atoms with van der Waals surface area (Å²) in [6.07, 6.45) is 5.69. The van der Waals surface area contributed by atoms with Crippen molar-refractivity contribution in [2.45, 2.75) is 44.1 Å². The number of β-amino-alcohol motifs (C(OH)–C–C–N with tert-alkyl or cyclic N) is 1. The molecule has 0 bridgehead atoms. The lowest BCUT2D eigenvalue weighted by atomic mass is 9.90. The first-order chi connectivity index (χ1) is 10.1. The Hall–Kier alpha value is -1.04. The van der Waals surface area contributed by atoms with Crippen LogP contribution in [0.5, 0.6) is 0 Å². The van der Waals surface area contributed by atoms with Gasteiger partial charge in [0.25, 0.3) is 0 Å². The van der Waals surface area contributed by atoms with E-state index in [-0.39, 0.29) is 0 Å². The molecule has 1 atom stereocenters. The number of aliphatic hydroxyl groups is 1. The summed E-state index contributed by atoms with van der Waals surface area (Å²) in [5.41, 5.74) is 0.577. The highest BCUT2D eigenvalue weighted by molar-refractivity contribution is 5.10. The zero-order valence-electron chi connectivity index (χ0n) is 12.8. The Bertz CT molecular complexity index is 474. The van der Waals surface area contributed by atoms with E-state index in [2.05, 4.69) is 14.9 Å². The van der Waals surface area contributed by atoms with Gasteiger partial charge in [0.05, 0.1) is 5.60 Å². The second-order valence-corrected chi connectivity index (χ2v) is 6.44. The van der Waals surface area contributed by atoms with Gasteiger partial charge in [0.15, 0.2) is 0 Å². The minimum atomic E-state index is -0.568. The second kappa shape index (κ2) is 6.38. The monoisotopic (exact) mass is 291 g/mol. The van der Waals surface area contributed by atoms with Gasteiger partial charge in [-0.15, -0.1) is 0 Å². The van der Waals surface area contributed by atoms with E-state index in [4.69, 9.17) is 4.74 Å². The molecule has 2 saturated heterocycles. The molecule has 116 valence electrons. The molecule has 1 N–H and O–H groups in total. The molecule has 3 heterocycles. The van der Waals surface area contributed by atoms with E-state index in [1.807, 2.05) is 19.2 Å². The molecule has 2 aliphatic rings. The van der Waals surface area contributed by atoms with Crippen molar-refractivity contribution < 1.29 is 9.84 Å². The van der Waals surface area contributed by atoms with Crippen LogP contribution in [0.1, 0.15) is 43.1 Å². The Morgan fingerprint density at radius 3 is 3.00 bits per heavy atom. The fraction of sp³-hybridized carbons (Fsp3) is 0.750. The minimum Gasteiger partial charge on any atom is -0.388 e. The lowest BCUT2D eigenvalue weighted by Gasteiger charge is -2.40. The van der Waals surface area contributed by atoms with Gasteiger partial charge in [-0.2, -0.15) is 0 Å². The molecule has 21 heavy (non-hydrogen) atoms. The van der Waals surface area contributed by atoms with Crippen molar-refractivity contribution in [2.24, 2.45) is 0 Å². The number of hydrogen-bond donors (Lipinski definition) is 1. The molecular weight excluding hydrogens is 266 g/mol. The Morgan fingerprint density at radius 2 is 2.24 bits per heavy atom. The van der Waals surface area contributed by atoms with Gasteiger partial charge in [0.2, 0.25) is 0 Å². The van der Waals surface area contributed by atoms with Crippen LogP contribution in [0.25, 0.3) is 0 Å². The molecule has 0 spiro atoms. The lowest BCUT2D eigenvalue weighted by Crippen LogP contribution is -2.49. The SMILES string of the molecule is Cc1nccc(C2CCCN(CC3(O)CCOCC3)C2)n1. The Kier molecular flexibility index (Phi) is 4.52. The number of piperidine rings is 1. The van der Waals surface area contributed by atoms with Crippen molar-refractivity contribution in [1.82, 2.24) is 14.9 Å². The number of hydrogen-bond acceptors (Lipinski definition) is 5. The first-order valence-corrected chi connectivity index (χ1v) is 7.97. The normalized spacial score (nSPS) is 26.7. The molecule has 2 fully saturated rings. The van der Waals surface area contributed by atoms with Gasteiger partial charge in [-0.05, 0) is 32.4 Å². The number of ether oxygens (including phenoxy) is 1. The lowest BCUT2D eigenvalue weighted by molar-refractivity contribution is -0.0824. The van der Waals surface area contributed by atoms with Crippen LogP contribution in [-0.2, 0) is 4.74 Å². The third-order valence-electron chi connectivity index (χ3n) is 4.66. The molecule has 0 radical (unpaired) electrons. The van der Waals surface area contributed by atoms with E-state index in [0.717, 1.165) is 44.0 Å². The highest BCUT2D eigenvalue weighted by atomic mass is 16.5. The number of nitrogens with zero attached hydrogens (tertiary/aromatic N) is 3. The van der Waals surface area contributed by atoms with Gasteiger partial charge < -0.3 is 9.84 Å². The summed E-state index contributed by atoms with van der Waals surface area (Å²) in [4.78, 5) is 11.2. The first-order valence-electron chi connectivity index (χ1n) is 7.97. The zero-order chi connectivity index (χ0) is 14.7. The fourth-order valence-electron chi connectivity index (χ4n) is 3.47. The summed E-state index contributed by atoms with van der Waals surface area (Å²) >= 11 is 0. The molecule has 1 aromatic heterocycles. The van der Waals surface area contributed by atoms with Crippen LogP contribution in [0.2, 0.25) is 0 Å². The quantitative estimate of drug-likeness (QED) is 0.914. The maximum Gasteiger partial charge on any atom is 0.125 e. The summed E-state index contributed by atoms with van der Waals surface area (Å²) in [6, 6.07) is 2.03. The second-order valence-electron chi connectivity index (χ2n) is 6.44. The highest BCUT2D eigenvalue weighted by Crippen LogP contribution is 2.28. The van der Waals surface area contributed by atoms with Crippen LogP contribution in [0.4, 0.5) is 0 Å². The van der Waals surface area contributed by atoms with Gasteiger partial charge in [-0.1, -0.05) is 0 Å². The maximum atomic E-state index is 10.7. The maximum absolute atomic E-state index is 10.7. The summed E-state index contributed by atoms with van der Waals surface area (Å²) in [5, 5.41) is 10.7. The van der Waals surface area contributed by atoms with Gasteiger partial charge in [0.1, 0.15) is 5.82 Å². The van der Waals surface area contributed by atoms with E-state index < -0.39 is 5.60 Å². The zero-order valence-corrected chi connectivity index (χ0v) is 12.8. The summed E-state index contributed by atoms with van der Waals surface area (Å²) in [6.45, 7) is 6.12. The molecule has 0 aliphatic carbocycles. The fourth-order valence-corrected chi connectivity index (χ4v) is 3.47. The molecule has 1 unspecified atom stereocenters. The summed E-state index contributed by atoms with van der Waals surface area (Å²) < 4.78 is 5.36. The van der Waals surface area contributed by atoms with Gasteiger partial charge in [-0.3, -0.25) is 4.90 Å². The molecule has 1 aromatic rings. The van der Waals surface area contributed by atoms with E-state index in [1.54, 1.807) is 0 Å². The number of aromatic nitrogens is 2.